The molecule has 0 radical (unpaired) electrons. The predicted molar refractivity (Wildman–Crippen MR) is 77.7 cm³/mol. The number of alkyl halides is 3. The van der Waals surface area contributed by atoms with Crippen LogP contribution < -0.4 is 10.1 Å². The van der Waals surface area contributed by atoms with Crippen LogP contribution in [0.5, 0.6) is 11.5 Å². The maximum atomic E-state index is 12.3. The van der Waals surface area contributed by atoms with E-state index in [1.54, 1.807) is 24.3 Å². The van der Waals surface area contributed by atoms with E-state index in [2.05, 4.69) is 10.1 Å². The molecule has 0 spiro atoms. The lowest BCUT2D eigenvalue weighted by Crippen LogP contribution is -2.17. The summed E-state index contributed by atoms with van der Waals surface area (Å²) in [5.41, 5.74) is 1.51. The van der Waals surface area contributed by atoms with E-state index >= 15 is 0 Å². The first-order chi connectivity index (χ1) is 10.8. The normalized spacial score (nSPS) is 15.4. The Labute approximate surface area is 128 Å². The fourth-order valence-electron chi connectivity index (χ4n) is 2.28. The molecule has 0 unspecified atom stereocenters. The number of amides is 1. The smallest absolute Gasteiger partial charge is 0.507 e. The van der Waals surface area contributed by atoms with Gasteiger partial charge >= 0.3 is 6.36 Å². The molecule has 2 N–H and O–H groups in total. The molecule has 0 fully saturated rings. The Hall–Kier alpha value is -2.96. The topological polar surface area (TPSA) is 58.6 Å². The number of halogens is 3. The van der Waals surface area contributed by atoms with E-state index in [-0.39, 0.29) is 16.9 Å². The molecule has 1 heterocycles. The number of rotatable bonds is 2. The van der Waals surface area contributed by atoms with Crippen LogP contribution in [0, 0.1) is 0 Å². The van der Waals surface area contributed by atoms with Crippen LogP contribution in [0.1, 0.15) is 11.1 Å². The first kappa shape index (κ1) is 15.0. The highest BCUT2D eigenvalue weighted by molar-refractivity contribution is 6.35. The number of phenols is 1. The minimum atomic E-state index is -4.83. The summed E-state index contributed by atoms with van der Waals surface area (Å²) >= 11 is 0. The minimum Gasteiger partial charge on any atom is -0.507 e. The number of benzene rings is 2. The SMILES string of the molecule is O=C1Nc2ccccc2/C1=C\c1cc(OC(F)(F)F)ccc1O. The van der Waals surface area contributed by atoms with Gasteiger partial charge in [-0.1, -0.05) is 18.2 Å². The summed E-state index contributed by atoms with van der Waals surface area (Å²) in [5.74, 6) is -1.13. The van der Waals surface area contributed by atoms with E-state index in [0.717, 1.165) is 18.2 Å². The van der Waals surface area contributed by atoms with Crippen LogP contribution in [0.25, 0.3) is 11.6 Å². The van der Waals surface area contributed by atoms with E-state index < -0.39 is 18.0 Å². The number of aromatic hydroxyl groups is 1. The Bertz CT molecular complexity index is 812. The Morgan fingerprint density at radius 3 is 2.61 bits per heavy atom. The summed E-state index contributed by atoms with van der Waals surface area (Å²) in [5, 5.41) is 12.5. The highest BCUT2D eigenvalue weighted by Gasteiger charge is 2.31. The molecule has 0 aliphatic carbocycles. The number of fused-ring (bicyclic) bond motifs is 1. The van der Waals surface area contributed by atoms with Gasteiger partial charge in [0.15, 0.2) is 0 Å². The third-order valence-corrected chi connectivity index (χ3v) is 3.24. The molecule has 0 aromatic heterocycles. The molecule has 2 aromatic carbocycles. The molecular formula is C16H10F3NO3. The number of ether oxygens (including phenoxy) is 1. The Morgan fingerprint density at radius 2 is 1.87 bits per heavy atom. The summed E-state index contributed by atoms with van der Waals surface area (Å²) in [6, 6.07) is 9.97. The third kappa shape index (κ3) is 3.13. The van der Waals surface area contributed by atoms with Crippen LogP contribution in [0.2, 0.25) is 0 Å². The van der Waals surface area contributed by atoms with Gasteiger partial charge in [-0.25, -0.2) is 0 Å². The molecule has 118 valence electrons. The summed E-state index contributed by atoms with van der Waals surface area (Å²) in [6.45, 7) is 0. The van der Waals surface area contributed by atoms with Gasteiger partial charge in [-0.3, -0.25) is 4.79 Å². The van der Waals surface area contributed by atoms with E-state index in [1.165, 1.54) is 6.08 Å². The lowest BCUT2D eigenvalue weighted by atomic mass is 10.0. The van der Waals surface area contributed by atoms with Crippen LogP contribution in [0.4, 0.5) is 18.9 Å². The van der Waals surface area contributed by atoms with Gasteiger partial charge < -0.3 is 15.2 Å². The average Bonchev–Trinajstić information content (AvgIpc) is 2.77. The molecular weight excluding hydrogens is 311 g/mol. The molecule has 1 aliphatic rings. The Balaban J connectivity index is 2.02. The van der Waals surface area contributed by atoms with Gasteiger partial charge in [0.2, 0.25) is 0 Å². The van der Waals surface area contributed by atoms with E-state index in [9.17, 15) is 23.1 Å². The van der Waals surface area contributed by atoms with Gasteiger partial charge in [-0.2, -0.15) is 0 Å². The number of para-hydroxylation sites is 1. The molecule has 2 aromatic rings. The second kappa shape index (κ2) is 5.35. The number of phenolic OH excluding ortho intramolecular Hbond substituents is 1. The number of anilines is 1. The number of nitrogens with one attached hydrogen (secondary N) is 1. The zero-order valence-corrected chi connectivity index (χ0v) is 11.5. The quantitative estimate of drug-likeness (QED) is 0.828. The van der Waals surface area contributed by atoms with Crippen molar-refractivity contribution in [3.8, 4) is 11.5 Å². The van der Waals surface area contributed by atoms with Crippen molar-refractivity contribution >= 4 is 23.2 Å². The second-order valence-corrected chi connectivity index (χ2v) is 4.83. The monoisotopic (exact) mass is 321 g/mol. The van der Waals surface area contributed by atoms with Crippen LogP contribution in [-0.2, 0) is 4.79 Å². The molecule has 4 nitrogen and oxygen atoms in total. The summed E-state index contributed by atoms with van der Waals surface area (Å²) < 4.78 is 40.6. The van der Waals surface area contributed by atoms with Crippen molar-refractivity contribution in [2.45, 2.75) is 6.36 Å². The number of hydrogen-bond donors (Lipinski definition) is 2. The van der Waals surface area contributed by atoms with Crippen molar-refractivity contribution in [1.29, 1.82) is 0 Å². The molecule has 1 aliphatic heterocycles. The zero-order chi connectivity index (χ0) is 16.6. The van der Waals surface area contributed by atoms with Gasteiger partial charge in [0.25, 0.3) is 5.91 Å². The van der Waals surface area contributed by atoms with Gasteiger partial charge in [0.05, 0.1) is 0 Å². The van der Waals surface area contributed by atoms with E-state index in [4.69, 9.17) is 0 Å². The Morgan fingerprint density at radius 1 is 1.13 bits per heavy atom. The van der Waals surface area contributed by atoms with E-state index in [0.29, 0.717) is 11.3 Å². The molecule has 0 atom stereocenters. The van der Waals surface area contributed by atoms with Gasteiger partial charge in [-0.15, -0.1) is 13.2 Å². The summed E-state index contributed by atoms with van der Waals surface area (Å²) in [6.07, 6.45) is -3.52. The maximum absolute atomic E-state index is 12.3. The molecule has 0 saturated heterocycles. The molecule has 7 heteroatoms. The van der Waals surface area contributed by atoms with Crippen molar-refractivity contribution in [3.05, 3.63) is 53.6 Å². The zero-order valence-electron chi connectivity index (χ0n) is 11.5. The molecule has 0 saturated carbocycles. The third-order valence-electron chi connectivity index (χ3n) is 3.24. The molecule has 23 heavy (non-hydrogen) atoms. The predicted octanol–water partition coefficient (Wildman–Crippen LogP) is 3.78. The fraction of sp³-hybridized carbons (Fsp3) is 0.0625. The number of carbonyl (C=O) groups excluding carboxylic acids is 1. The minimum absolute atomic E-state index is 0.0496. The average molecular weight is 321 g/mol. The van der Waals surface area contributed by atoms with Crippen LogP contribution >= 0.6 is 0 Å². The van der Waals surface area contributed by atoms with Crippen molar-refractivity contribution in [3.63, 3.8) is 0 Å². The first-order valence-corrected chi connectivity index (χ1v) is 6.55. The highest BCUT2D eigenvalue weighted by atomic mass is 19.4. The maximum Gasteiger partial charge on any atom is 0.573 e. The molecule has 3 rings (SSSR count). The van der Waals surface area contributed by atoms with Crippen LogP contribution in [0.15, 0.2) is 42.5 Å². The van der Waals surface area contributed by atoms with Crippen molar-refractivity contribution < 1.29 is 27.8 Å². The number of hydrogen-bond acceptors (Lipinski definition) is 3. The second-order valence-electron chi connectivity index (χ2n) is 4.83. The number of carbonyl (C=O) groups is 1. The van der Waals surface area contributed by atoms with Gasteiger partial charge in [-0.05, 0) is 30.3 Å². The lowest BCUT2D eigenvalue weighted by molar-refractivity contribution is -0.274. The standard InChI is InChI=1S/C16H10F3NO3/c17-16(18,19)23-10-5-6-14(21)9(7-10)8-12-11-3-1-2-4-13(11)20-15(12)22/h1-8,21H,(H,20,22)/b12-8+. The van der Waals surface area contributed by atoms with E-state index in [1.807, 2.05) is 0 Å². The molecule has 1 amide bonds. The molecule has 0 bridgehead atoms. The first-order valence-electron chi connectivity index (χ1n) is 6.55. The summed E-state index contributed by atoms with van der Waals surface area (Å²) in [7, 11) is 0. The van der Waals surface area contributed by atoms with Crippen LogP contribution in [-0.4, -0.2) is 17.4 Å². The van der Waals surface area contributed by atoms with Crippen LogP contribution in [0.3, 0.4) is 0 Å². The van der Waals surface area contributed by atoms with Crippen molar-refractivity contribution in [2.75, 3.05) is 5.32 Å². The van der Waals surface area contributed by atoms with Gasteiger partial charge in [0.1, 0.15) is 11.5 Å². The summed E-state index contributed by atoms with van der Waals surface area (Å²) in [4.78, 5) is 12.0. The lowest BCUT2D eigenvalue weighted by Gasteiger charge is -2.10. The van der Waals surface area contributed by atoms with Crippen molar-refractivity contribution in [1.82, 2.24) is 0 Å². The highest BCUT2D eigenvalue weighted by Crippen LogP contribution is 2.35. The fourth-order valence-corrected chi connectivity index (χ4v) is 2.28. The largest absolute Gasteiger partial charge is 0.573 e. The van der Waals surface area contributed by atoms with Crippen molar-refractivity contribution in [2.24, 2.45) is 0 Å². The van der Waals surface area contributed by atoms with Gasteiger partial charge in [0, 0.05) is 22.4 Å². The Kier molecular flexibility index (Phi) is 3.48.